The molecule has 1 aromatic heterocycles. The minimum absolute atomic E-state index is 0.0678. The second-order valence-electron chi connectivity index (χ2n) is 4.21. The molecule has 0 aliphatic carbocycles. The van der Waals surface area contributed by atoms with E-state index in [1.807, 2.05) is 10.7 Å². The van der Waals surface area contributed by atoms with Crippen molar-refractivity contribution in [2.45, 2.75) is 26.4 Å². The lowest BCUT2D eigenvalue weighted by Gasteiger charge is -2.19. The summed E-state index contributed by atoms with van der Waals surface area (Å²) < 4.78 is 2.91. The summed E-state index contributed by atoms with van der Waals surface area (Å²) in [6.45, 7) is 4.95. The molecular weight excluding hydrogens is 292 g/mol. The Labute approximate surface area is 115 Å². The summed E-state index contributed by atoms with van der Waals surface area (Å²) in [5.41, 5.74) is 6.27. The highest BCUT2D eigenvalue weighted by Crippen LogP contribution is 2.28. The zero-order valence-corrected chi connectivity index (χ0v) is 12.1. The molecule has 0 saturated heterocycles. The number of nitrogens with zero attached hydrogens (tertiary/aromatic N) is 2. The first kappa shape index (κ1) is 13.3. The molecule has 0 aliphatic rings. The fraction of sp³-hybridized carbons (Fsp3) is 0.308. The summed E-state index contributed by atoms with van der Waals surface area (Å²) in [5, 5.41) is 4.33. The van der Waals surface area contributed by atoms with E-state index in [4.69, 9.17) is 5.84 Å². The van der Waals surface area contributed by atoms with E-state index in [0.29, 0.717) is 0 Å². The highest BCUT2D eigenvalue weighted by Gasteiger charge is 2.20. The Kier molecular flexibility index (Phi) is 4.16. The van der Waals surface area contributed by atoms with Gasteiger partial charge in [-0.1, -0.05) is 29.8 Å². The molecule has 2 rings (SSSR count). The summed E-state index contributed by atoms with van der Waals surface area (Å²) in [6, 6.07) is 8.24. The van der Waals surface area contributed by atoms with Gasteiger partial charge in [-0.3, -0.25) is 10.5 Å². The first-order chi connectivity index (χ1) is 8.67. The molecule has 0 spiro atoms. The number of hydrogen-bond donors (Lipinski definition) is 2. The summed E-state index contributed by atoms with van der Waals surface area (Å²) >= 11 is 3.54. The predicted molar refractivity (Wildman–Crippen MR) is 75.9 cm³/mol. The van der Waals surface area contributed by atoms with Crippen LogP contribution in [0.25, 0.3) is 0 Å². The van der Waals surface area contributed by atoms with Gasteiger partial charge in [0.15, 0.2) is 0 Å². The molecule has 3 N–H and O–H groups in total. The molecule has 0 saturated carbocycles. The quantitative estimate of drug-likeness (QED) is 0.674. The highest BCUT2D eigenvalue weighted by molar-refractivity contribution is 9.10. The number of hydrazine groups is 1. The molecule has 4 nitrogen and oxygen atoms in total. The molecule has 1 aromatic carbocycles. The molecule has 1 unspecified atom stereocenters. The highest BCUT2D eigenvalue weighted by atomic mass is 79.9. The first-order valence-corrected chi connectivity index (χ1v) is 6.70. The SMILES string of the molecule is CCn1ncc(Br)c1C(NN)c1cccc(C)c1. The summed E-state index contributed by atoms with van der Waals surface area (Å²) in [7, 11) is 0. The fourth-order valence-electron chi connectivity index (χ4n) is 2.09. The average Bonchev–Trinajstić information content (AvgIpc) is 2.72. The first-order valence-electron chi connectivity index (χ1n) is 5.91. The van der Waals surface area contributed by atoms with E-state index in [1.54, 1.807) is 6.20 Å². The lowest BCUT2D eigenvalue weighted by molar-refractivity contribution is 0.542. The van der Waals surface area contributed by atoms with Crippen LogP contribution in [0.2, 0.25) is 0 Å². The average molecular weight is 309 g/mol. The van der Waals surface area contributed by atoms with Gasteiger partial charge < -0.3 is 0 Å². The van der Waals surface area contributed by atoms with Gasteiger partial charge in [0.05, 0.1) is 22.4 Å². The number of aromatic nitrogens is 2. The van der Waals surface area contributed by atoms with Gasteiger partial charge in [-0.2, -0.15) is 5.10 Å². The Morgan fingerprint density at radius 3 is 2.89 bits per heavy atom. The van der Waals surface area contributed by atoms with Crippen LogP contribution < -0.4 is 11.3 Å². The van der Waals surface area contributed by atoms with Crippen LogP contribution in [0.3, 0.4) is 0 Å². The number of hydrogen-bond acceptors (Lipinski definition) is 3. The van der Waals surface area contributed by atoms with Crippen molar-refractivity contribution in [1.82, 2.24) is 15.2 Å². The van der Waals surface area contributed by atoms with Gasteiger partial charge in [-0.05, 0) is 35.3 Å². The van der Waals surface area contributed by atoms with E-state index >= 15 is 0 Å². The van der Waals surface area contributed by atoms with Crippen molar-refractivity contribution in [3.05, 3.63) is 51.8 Å². The van der Waals surface area contributed by atoms with Gasteiger partial charge in [0, 0.05) is 6.54 Å². The van der Waals surface area contributed by atoms with Crippen LogP contribution in [0.15, 0.2) is 34.9 Å². The van der Waals surface area contributed by atoms with Crippen LogP contribution in [0, 0.1) is 6.92 Å². The van der Waals surface area contributed by atoms with Gasteiger partial charge in [0.2, 0.25) is 0 Å². The van der Waals surface area contributed by atoms with E-state index in [1.165, 1.54) is 5.56 Å². The van der Waals surface area contributed by atoms with Gasteiger partial charge >= 0.3 is 0 Å². The standard InChI is InChI=1S/C13H17BrN4/c1-3-18-13(11(14)8-16-18)12(17-15)10-6-4-5-9(2)7-10/h4-8,12,17H,3,15H2,1-2H3. The maximum atomic E-state index is 5.73. The van der Waals surface area contributed by atoms with Crippen molar-refractivity contribution in [2.24, 2.45) is 5.84 Å². The lowest BCUT2D eigenvalue weighted by atomic mass is 10.0. The van der Waals surface area contributed by atoms with Crippen molar-refractivity contribution in [3.63, 3.8) is 0 Å². The third-order valence-electron chi connectivity index (χ3n) is 2.95. The summed E-state index contributed by atoms with van der Waals surface area (Å²) in [4.78, 5) is 0. The Bertz CT molecular complexity index is 536. The van der Waals surface area contributed by atoms with Crippen LogP contribution in [0.4, 0.5) is 0 Å². The van der Waals surface area contributed by atoms with E-state index in [9.17, 15) is 0 Å². The Balaban J connectivity index is 2.48. The zero-order valence-electron chi connectivity index (χ0n) is 10.5. The third kappa shape index (κ3) is 2.48. The number of halogens is 1. The second kappa shape index (κ2) is 5.65. The van der Waals surface area contributed by atoms with Gasteiger partial charge in [-0.25, -0.2) is 5.43 Å². The lowest BCUT2D eigenvalue weighted by Crippen LogP contribution is -2.31. The molecule has 2 aromatic rings. The van der Waals surface area contributed by atoms with Crippen LogP contribution in [0.1, 0.15) is 29.8 Å². The largest absolute Gasteiger partial charge is 0.271 e. The number of nitrogens with two attached hydrogens (primary N) is 1. The van der Waals surface area contributed by atoms with E-state index in [2.05, 4.69) is 58.5 Å². The normalized spacial score (nSPS) is 12.7. The van der Waals surface area contributed by atoms with Crippen LogP contribution >= 0.6 is 15.9 Å². The van der Waals surface area contributed by atoms with Crippen LogP contribution in [-0.4, -0.2) is 9.78 Å². The van der Waals surface area contributed by atoms with Crippen LogP contribution in [-0.2, 0) is 6.54 Å². The van der Waals surface area contributed by atoms with Gasteiger partial charge in [0.1, 0.15) is 0 Å². The number of nitrogens with one attached hydrogen (secondary N) is 1. The monoisotopic (exact) mass is 308 g/mol. The predicted octanol–water partition coefficient (Wildman–Crippen LogP) is 2.53. The van der Waals surface area contributed by atoms with Crippen molar-refractivity contribution in [2.75, 3.05) is 0 Å². The fourth-order valence-corrected chi connectivity index (χ4v) is 2.62. The van der Waals surface area contributed by atoms with Crippen molar-refractivity contribution in [3.8, 4) is 0 Å². The molecule has 0 radical (unpaired) electrons. The van der Waals surface area contributed by atoms with Crippen molar-refractivity contribution >= 4 is 15.9 Å². The van der Waals surface area contributed by atoms with Crippen molar-refractivity contribution < 1.29 is 0 Å². The van der Waals surface area contributed by atoms with Gasteiger partial charge in [0.25, 0.3) is 0 Å². The van der Waals surface area contributed by atoms with Gasteiger partial charge in [-0.15, -0.1) is 0 Å². The molecule has 1 atom stereocenters. The number of benzene rings is 1. The topological polar surface area (TPSA) is 55.9 Å². The van der Waals surface area contributed by atoms with E-state index in [0.717, 1.165) is 22.3 Å². The summed E-state index contributed by atoms with van der Waals surface area (Å²) in [6.07, 6.45) is 1.80. The van der Waals surface area contributed by atoms with Crippen LogP contribution in [0.5, 0.6) is 0 Å². The minimum Gasteiger partial charge on any atom is -0.271 e. The molecule has 5 heteroatoms. The zero-order chi connectivity index (χ0) is 13.1. The molecule has 96 valence electrons. The van der Waals surface area contributed by atoms with E-state index < -0.39 is 0 Å². The molecule has 18 heavy (non-hydrogen) atoms. The third-order valence-corrected chi connectivity index (χ3v) is 3.56. The number of rotatable bonds is 4. The maximum absolute atomic E-state index is 5.73. The Morgan fingerprint density at radius 1 is 1.50 bits per heavy atom. The molecule has 0 bridgehead atoms. The van der Waals surface area contributed by atoms with E-state index in [-0.39, 0.29) is 6.04 Å². The molecule has 0 fully saturated rings. The number of aryl methyl sites for hydroxylation is 2. The Morgan fingerprint density at radius 2 is 2.28 bits per heavy atom. The molecular formula is C13H17BrN4. The molecule has 1 heterocycles. The molecule has 0 amide bonds. The summed E-state index contributed by atoms with van der Waals surface area (Å²) in [5.74, 6) is 5.73. The Hall–Kier alpha value is -1.17. The van der Waals surface area contributed by atoms with Crippen molar-refractivity contribution in [1.29, 1.82) is 0 Å². The second-order valence-corrected chi connectivity index (χ2v) is 5.06. The minimum atomic E-state index is -0.0678. The smallest absolute Gasteiger partial charge is 0.0889 e. The maximum Gasteiger partial charge on any atom is 0.0889 e. The molecule has 0 aliphatic heterocycles.